The molecule has 1 aromatic carbocycles. The van der Waals surface area contributed by atoms with Gasteiger partial charge in [0.1, 0.15) is 5.82 Å². The van der Waals surface area contributed by atoms with Gasteiger partial charge in [-0.25, -0.2) is 4.39 Å². The van der Waals surface area contributed by atoms with E-state index in [0.717, 1.165) is 32.4 Å². The summed E-state index contributed by atoms with van der Waals surface area (Å²) in [5.41, 5.74) is -0.263. The van der Waals surface area contributed by atoms with Gasteiger partial charge in [0.2, 0.25) is 0 Å². The molecule has 1 N–H and O–H groups in total. The van der Waals surface area contributed by atoms with Crippen LogP contribution in [-0.2, 0) is 6.42 Å². The summed E-state index contributed by atoms with van der Waals surface area (Å²) in [6.45, 7) is 1.98. The quantitative estimate of drug-likeness (QED) is 0.892. The summed E-state index contributed by atoms with van der Waals surface area (Å²) in [6, 6.07) is 5.19. The Bertz CT molecular complexity index is 467. The van der Waals surface area contributed by atoms with E-state index in [0.29, 0.717) is 12.0 Å². The van der Waals surface area contributed by atoms with Crippen LogP contribution in [0.3, 0.4) is 0 Å². The van der Waals surface area contributed by atoms with E-state index in [1.807, 2.05) is 0 Å². The summed E-state index contributed by atoms with van der Waals surface area (Å²) in [6.07, 6.45) is 3.23. The zero-order chi connectivity index (χ0) is 12.8. The van der Waals surface area contributed by atoms with E-state index in [1.165, 1.54) is 0 Å². The molecule has 0 spiro atoms. The van der Waals surface area contributed by atoms with Crippen molar-refractivity contribution >= 4 is 11.6 Å². The molecule has 2 aliphatic rings. The topological polar surface area (TPSA) is 23.5 Å². The van der Waals surface area contributed by atoms with Gasteiger partial charge in [-0.3, -0.25) is 4.90 Å². The standard InChI is InChI=1S/C14H17ClFNO/c15-11-4-1-3-10(13(11)16)9-14(18)6-8-17-7-2-5-12(14)17/h1,3-4,12,18H,2,5-9H2. The van der Waals surface area contributed by atoms with Crippen LogP contribution in [0.2, 0.25) is 5.02 Å². The first-order chi connectivity index (χ1) is 8.60. The molecule has 2 aliphatic heterocycles. The van der Waals surface area contributed by atoms with Crippen LogP contribution in [-0.4, -0.2) is 34.7 Å². The molecular formula is C14H17ClFNO. The largest absolute Gasteiger partial charge is 0.388 e. The third-order valence-corrected chi connectivity index (χ3v) is 4.64. The van der Waals surface area contributed by atoms with E-state index >= 15 is 0 Å². The van der Waals surface area contributed by atoms with Gasteiger partial charge >= 0.3 is 0 Å². The minimum atomic E-state index is -0.790. The Morgan fingerprint density at radius 1 is 1.44 bits per heavy atom. The highest BCUT2D eigenvalue weighted by atomic mass is 35.5. The van der Waals surface area contributed by atoms with E-state index in [9.17, 15) is 9.50 Å². The highest BCUT2D eigenvalue weighted by Gasteiger charge is 2.48. The molecule has 0 aromatic heterocycles. The first kappa shape index (κ1) is 12.4. The summed E-state index contributed by atoms with van der Waals surface area (Å²) in [5, 5.41) is 10.9. The molecular weight excluding hydrogens is 253 g/mol. The monoisotopic (exact) mass is 269 g/mol. The van der Waals surface area contributed by atoms with Gasteiger partial charge in [-0.05, 0) is 37.4 Å². The molecule has 4 heteroatoms. The van der Waals surface area contributed by atoms with Gasteiger partial charge in [0, 0.05) is 19.0 Å². The summed E-state index contributed by atoms with van der Waals surface area (Å²) >= 11 is 5.79. The Morgan fingerprint density at radius 2 is 2.28 bits per heavy atom. The van der Waals surface area contributed by atoms with Gasteiger partial charge in [-0.1, -0.05) is 23.7 Å². The SMILES string of the molecule is OC1(Cc2cccc(Cl)c2F)CCN2CCCC21. The number of hydrogen-bond donors (Lipinski definition) is 1. The van der Waals surface area contributed by atoms with Crippen molar-refractivity contribution in [2.45, 2.75) is 37.3 Å². The maximum atomic E-state index is 13.9. The smallest absolute Gasteiger partial charge is 0.145 e. The molecule has 18 heavy (non-hydrogen) atoms. The zero-order valence-corrected chi connectivity index (χ0v) is 11.0. The molecule has 0 amide bonds. The minimum absolute atomic E-state index is 0.136. The fraction of sp³-hybridized carbons (Fsp3) is 0.571. The van der Waals surface area contributed by atoms with Gasteiger partial charge in [-0.15, -0.1) is 0 Å². The lowest BCUT2D eigenvalue weighted by Crippen LogP contribution is -2.43. The molecule has 2 fully saturated rings. The number of aliphatic hydroxyl groups is 1. The van der Waals surface area contributed by atoms with Crippen LogP contribution in [0.25, 0.3) is 0 Å². The van der Waals surface area contributed by atoms with Crippen molar-refractivity contribution in [2.24, 2.45) is 0 Å². The van der Waals surface area contributed by atoms with Crippen molar-refractivity contribution < 1.29 is 9.50 Å². The Morgan fingerprint density at radius 3 is 3.11 bits per heavy atom. The lowest BCUT2D eigenvalue weighted by Gasteiger charge is -2.30. The summed E-state index contributed by atoms with van der Waals surface area (Å²) in [7, 11) is 0. The van der Waals surface area contributed by atoms with Crippen LogP contribution in [0.4, 0.5) is 4.39 Å². The molecule has 2 saturated heterocycles. The van der Waals surface area contributed by atoms with Gasteiger partial charge in [0.05, 0.1) is 10.6 Å². The number of hydrogen-bond acceptors (Lipinski definition) is 2. The van der Waals surface area contributed by atoms with E-state index in [2.05, 4.69) is 4.90 Å². The minimum Gasteiger partial charge on any atom is -0.388 e. The lowest BCUT2D eigenvalue weighted by molar-refractivity contribution is 0.0134. The first-order valence-corrected chi connectivity index (χ1v) is 6.87. The molecule has 0 bridgehead atoms. The average molecular weight is 270 g/mol. The molecule has 1 aromatic rings. The van der Waals surface area contributed by atoms with Crippen LogP contribution in [0, 0.1) is 5.82 Å². The van der Waals surface area contributed by atoms with E-state index in [-0.39, 0.29) is 16.9 Å². The van der Waals surface area contributed by atoms with Gasteiger partial charge in [-0.2, -0.15) is 0 Å². The number of nitrogens with zero attached hydrogens (tertiary/aromatic N) is 1. The molecule has 2 unspecified atom stereocenters. The molecule has 0 aliphatic carbocycles. The Hall–Kier alpha value is -0.640. The van der Waals surface area contributed by atoms with Gasteiger partial charge in [0.15, 0.2) is 0 Å². The number of rotatable bonds is 2. The summed E-state index contributed by atoms with van der Waals surface area (Å²) in [4.78, 5) is 2.32. The van der Waals surface area contributed by atoms with Crippen molar-refractivity contribution in [3.8, 4) is 0 Å². The van der Waals surface area contributed by atoms with Crippen LogP contribution < -0.4 is 0 Å². The predicted molar refractivity (Wildman–Crippen MR) is 69.3 cm³/mol. The van der Waals surface area contributed by atoms with Crippen LogP contribution >= 0.6 is 11.6 Å². The zero-order valence-electron chi connectivity index (χ0n) is 10.2. The van der Waals surface area contributed by atoms with Crippen molar-refractivity contribution in [1.29, 1.82) is 0 Å². The molecule has 3 rings (SSSR count). The molecule has 2 heterocycles. The van der Waals surface area contributed by atoms with Crippen molar-refractivity contribution in [3.05, 3.63) is 34.6 Å². The van der Waals surface area contributed by atoms with Crippen LogP contribution in [0.15, 0.2) is 18.2 Å². The maximum absolute atomic E-state index is 13.9. The van der Waals surface area contributed by atoms with Gasteiger partial charge < -0.3 is 5.11 Å². The van der Waals surface area contributed by atoms with Crippen LogP contribution in [0.1, 0.15) is 24.8 Å². The molecule has 2 atom stereocenters. The van der Waals surface area contributed by atoms with E-state index < -0.39 is 5.60 Å². The van der Waals surface area contributed by atoms with E-state index in [4.69, 9.17) is 11.6 Å². The third-order valence-electron chi connectivity index (χ3n) is 4.34. The number of benzene rings is 1. The average Bonchev–Trinajstić information content (AvgIpc) is 2.91. The Balaban J connectivity index is 1.85. The second kappa shape index (κ2) is 4.48. The number of halogens is 2. The normalized spacial score (nSPS) is 31.8. The fourth-order valence-corrected chi connectivity index (χ4v) is 3.62. The van der Waals surface area contributed by atoms with Crippen LogP contribution in [0.5, 0.6) is 0 Å². The maximum Gasteiger partial charge on any atom is 0.145 e. The fourth-order valence-electron chi connectivity index (χ4n) is 3.43. The highest BCUT2D eigenvalue weighted by molar-refractivity contribution is 6.30. The predicted octanol–water partition coefficient (Wildman–Crippen LogP) is 2.62. The van der Waals surface area contributed by atoms with E-state index in [1.54, 1.807) is 18.2 Å². The molecule has 0 saturated carbocycles. The summed E-state index contributed by atoms with van der Waals surface area (Å²) < 4.78 is 13.9. The molecule has 98 valence electrons. The number of fused-ring (bicyclic) bond motifs is 1. The second-order valence-electron chi connectivity index (χ2n) is 5.44. The highest BCUT2D eigenvalue weighted by Crippen LogP contribution is 2.38. The molecule has 2 nitrogen and oxygen atoms in total. The lowest BCUT2D eigenvalue weighted by atomic mass is 9.86. The molecule has 0 radical (unpaired) electrons. The van der Waals surface area contributed by atoms with Gasteiger partial charge in [0.25, 0.3) is 0 Å². The third kappa shape index (κ3) is 1.94. The van der Waals surface area contributed by atoms with Crippen molar-refractivity contribution in [2.75, 3.05) is 13.1 Å². The second-order valence-corrected chi connectivity index (χ2v) is 5.84. The van der Waals surface area contributed by atoms with Crippen molar-refractivity contribution in [1.82, 2.24) is 4.90 Å². The summed E-state index contributed by atoms with van der Waals surface area (Å²) in [5.74, 6) is -0.385. The Labute approximate surface area is 111 Å². The first-order valence-electron chi connectivity index (χ1n) is 6.49. The Kier molecular flexibility index (Phi) is 3.08. The van der Waals surface area contributed by atoms with Crippen molar-refractivity contribution in [3.63, 3.8) is 0 Å².